The lowest BCUT2D eigenvalue weighted by Crippen LogP contribution is -2.36. The number of carbonyl (C=O) groups is 1. The van der Waals surface area contributed by atoms with E-state index in [9.17, 15) is 4.79 Å². The van der Waals surface area contributed by atoms with Crippen molar-refractivity contribution in [3.05, 3.63) is 24.3 Å². The van der Waals surface area contributed by atoms with Crippen LogP contribution in [0.4, 0.5) is 16.2 Å². The molecule has 5 nitrogen and oxygen atoms in total. The van der Waals surface area contributed by atoms with Crippen molar-refractivity contribution in [2.24, 2.45) is 0 Å². The first-order valence-electron chi connectivity index (χ1n) is 6.28. The lowest BCUT2D eigenvalue weighted by molar-refractivity contribution is 0.248. The molecule has 5 heteroatoms. The summed E-state index contributed by atoms with van der Waals surface area (Å²) in [6, 6.07) is 6.92. The first-order chi connectivity index (χ1) is 8.65. The monoisotopic (exact) mass is 250 g/mol. The Balaban J connectivity index is 2.29. The molecular formula is C13H22N4O. The molecule has 0 unspecified atom stereocenters. The number of rotatable bonds is 6. The molecule has 4 N–H and O–H groups in total. The number of nitrogens with one attached hydrogen (secondary N) is 2. The van der Waals surface area contributed by atoms with Crippen molar-refractivity contribution in [2.75, 3.05) is 37.2 Å². The molecule has 0 radical (unpaired) electrons. The molecule has 0 bridgehead atoms. The lowest BCUT2D eigenvalue weighted by Gasteiger charge is -2.18. The minimum Gasteiger partial charge on any atom is -0.399 e. The molecule has 0 aromatic heterocycles. The Morgan fingerprint density at radius 3 is 2.67 bits per heavy atom. The van der Waals surface area contributed by atoms with E-state index in [0.29, 0.717) is 17.9 Å². The van der Waals surface area contributed by atoms with E-state index >= 15 is 0 Å². The summed E-state index contributed by atoms with van der Waals surface area (Å²) >= 11 is 0. The second kappa shape index (κ2) is 7.55. The van der Waals surface area contributed by atoms with Gasteiger partial charge in [0.2, 0.25) is 0 Å². The van der Waals surface area contributed by atoms with Crippen molar-refractivity contribution in [3.63, 3.8) is 0 Å². The first-order valence-corrected chi connectivity index (χ1v) is 6.28. The Morgan fingerprint density at radius 2 is 2.06 bits per heavy atom. The van der Waals surface area contributed by atoms with Gasteiger partial charge in [0.1, 0.15) is 0 Å². The maximum atomic E-state index is 11.6. The highest BCUT2D eigenvalue weighted by molar-refractivity contribution is 5.89. The SMILES string of the molecule is CCN(CC)CCNC(=O)Nc1cccc(N)c1. The van der Waals surface area contributed by atoms with Crippen LogP contribution >= 0.6 is 0 Å². The molecule has 1 rings (SSSR count). The standard InChI is InChI=1S/C13H22N4O/c1-3-17(4-2)9-8-15-13(18)16-12-7-5-6-11(14)10-12/h5-7,10H,3-4,8-9,14H2,1-2H3,(H2,15,16,18). The first kappa shape index (κ1) is 14.3. The quantitative estimate of drug-likeness (QED) is 0.673. The highest BCUT2D eigenvalue weighted by Crippen LogP contribution is 2.11. The van der Waals surface area contributed by atoms with Gasteiger partial charge in [-0.15, -0.1) is 0 Å². The topological polar surface area (TPSA) is 70.4 Å². The minimum atomic E-state index is -0.201. The van der Waals surface area contributed by atoms with E-state index in [1.165, 1.54) is 0 Å². The summed E-state index contributed by atoms with van der Waals surface area (Å²) in [6.07, 6.45) is 0. The Kier molecular flexibility index (Phi) is 6.00. The van der Waals surface area contributed by atoms with Crippen LogP contribution in [0, 0.1) is 0 Å². The fraction of sp³-hybridized carbons (Fsp3) is 0.462. The molecule has 1 aromatic rings. The highest BCUT2D eigenvalue weighted by Gasteiger charge is 2.03. The zero-order valence-corrected chi connectivity index (χ0v) is 11.1. The fourth-order valence-electron chi connectivity index (χ4n) is 1.66. The summed E-state index contributed by atoms with van der Waals surface area (Å²) in [7, 11) is 0. The van der Waals surface area contributed by atoms with Gasteiger partial charge in [-0.05, 0) is 31.3 Å². The summed E-state index contributed by atoms with van der Waals surface area (Å²) in [4.78, 5) is 13.9. The molecule has 0 aliphatic rings. The van der Waals surface area contributed by atoms with E-state index in [-0.39, 0.29) is 6.03 Å². The van der Waals surface area contributed by atoms with Crippen molar-refractivity contribution < 1.29 is 4.79 Å². The highest BCUT2D eigenvalue weighted by atomic mass is 16.2. The summed E-state index contributed by atoms with van der Waals surface area (Å²) < 4.78 is 0. The second-order valence-electron chi connectivity index (χ2n) is 4.03. The maximum Gasteiger partial charge on any atom is 0.319 e. The molecule has 0 heterocycles. The third-order valence-electron chi connectivity index (χ3n) is 2.75. The van der Waals surface area contributed by atoms with Crippen LogP contribution in [0.2, 0.25) is 0 Å². The summed E-state index contributed by atoms with van der Waals surface area (Å²) in [5.74, 6) is 0. The Morgan fingerprint density at radius 1 is 1.33 bits per heavy atom. The number of nitrogens with two attached hydrogens (primary N) is 1. The summed E-state index contributed by atoms with van der Waals surface area (Å²) in [5.41, 5.74) is 6.97. The molecule has 0 saturated carbocycles. The van der Waals surface area contributed by atoms with Gasteiger partial charge in [-0.3, -0.25) is 0 Å². The Hall–Kier alpha value is -1.75. The number of anilines is 2. The van der Waals surface area contributed by atoms with Gasteiger partial charge in [0.05, 0.1) is 0 Å². The number of nitrogen functional groups attached to an aromatic ring is 1. The smallest absolute Gasteiger partial charge is 0.319 e. The van der Waals surface area contributed by atoms with Crippen LogP contribution in [0.25, 0.3) is 0 Å². The zero-order chi connectivity index (χ0) is 13.4. The van der Waals surface area contributed by atoms with Crippen LogP contribution < -0.4 is 16.4 Å². The number of hydrogen-bond donors (Lipinski definition) is 3. The number of nitrogens with zero attached hydrogens (tertiary/aromatic N) is 1. The number of hydrogen-bond acceptors (Lipinski definition) is 3. The average Bonchev–Trinajstić information content (AvgIpc) is 2.34. The molecular weight excluding hydrogens is 228 g/mol. The summed E-state index contributed by atoms with van der Waals surface area (Å²) in [5, 5.41) is 5.56. The van der Waals surface area contributed by atoms with Crippen molar-refractivity contribution in [1.82, 2.24) is 10.2 Å². The molecule has 100 valence electrons. The van der Waals surface area contributed by atoms with Gasteiger partial charge in [-0.1, -0.05) is 19.9 Å². The maximum absolute atomic E-state index is 11.6. The van der Waals surface area contributed by atoms with E-state index in [4.69, 9.17) is 5.73 Å². The molecule has 0 atom stereocenters. The summed E-state index contributed by atoms with van der Waals surface area (Å²) in [6.45, 7) is 7.70. The van der Waals surface area contributed by atoms with E-state index in [2.05, 4.69) is 29.4 Å². The van der Waals surface area contributed by atoms with Crippen LogP contribution in [-0.4, -0.2) is 37.1 Å². The fourth-order valence-corrected chi connectivity index (χ4v) is 1.66. The van der Waals surface area contributed by atoms with E-state index in [0.717, 1.165) is 19.6 Å². The van der Waals surface area contributed by atoms with Gasteiger partial charge in [0.15, 0.2) is 0 Å². The van der Waals surface area contributed by atoms with Gasteiger partial charge >= 0.3 is 6.03 Å². The molecule has 2 amide bonds. The van der Waals surface area contributed by atoms with E-state index < -0.39 is 0 Å². The third-order valence-corrected chi connectivity index (χ3v) is 2.75. The van der Waals surface area contributed by atoms with Crippen molar-refractivity contribution in [1.29, 1.82) is 0 Å². The van der Waals surface area contributed by atoms with Gasteiger partial charge in [0, 0.05) is 24.5 Å². The zero-order valence-electron chi connectivity index (χ0n) is 11.1. The van der Waals surface area contributed by atoms with Gasteiger partial charge < -0.3 is 21.3 Å². The van der Waals surface area contributed by atoms with Crippen LogP contribution in [0.3, 0.4) is 0 Å². The molecule has 0 aliphatic carbocycles. The minimum absolute atomic E-state index is 0.201. The molecule has 0 saturated heterocycles. The van der Waals surface area contributed by atoms with Crippen LogP contribution in [-0.2, 0) is 0 Å². The van der Waals surface area contributed by atoms with Crippen molar-refractivity contribution >= 4 is 17.4 Å². The van der Waals surface area contributed by atoms with Crippen LogP contribution in [0.15, 0.2) is 24.3 Å². The van der Waals surface area contributed by atoms with Gasteiger partial charge in [-0.25, -0.2) is 4.79 Å². The predicted molar refractivity (Wildman–Crippen MR) is 75.7 cm³/mol. The van der Waals surface area contributed by atoms with Crippen LogP contribution in [0.1, 0.15) is 13.8 Å². The van der Waals surface area contributed by atoms with Gasteiger partial charge in [-0.2, -0.15) is 0 Å². The predicted octanol–water partition coefficient (Wildman–Crippen LogP) is 1.73. The molecule has 0 fully saturated rings. The number of amides is 2. The molecule has 1 aromatic carbocycles. The van der Waals surface area contributed by atoms with Crippen molar-refractivity contribution in [3.8, 4) is 0 Å². The number of urea groups is 1. The number of likely N-dealkylation sites (N-methyl/N-ethyl adjacent to an activating group) is 1. The van der Waals surface area contributed by atoms with Gasteiger partial charge in [0.25, 0.3) is 0 Å². The molecule has 0 aliphatic heterocycles. The Bertz CT molecular complexity index is 377. The average molecular weight is 250 g/mol. The number of carbonyl (C=O) groups excluding carboxylic acids is 1. The Labute approximate surface area is 108 Å². The van der Waals surface area contributed by atoms with E-state index in [1.807, 2.05) is 0 Å². The largest absolute Gasteiger partial charge is 0.399 e. The number of benzene rings is 1. The van der Waals surface area contributed by atoms with Crippen LogP contribution in [0.5, 0.6) is 0 Å². The van der Waals surface area contributed by atoms with E-state index in [1.54, 1.807) is 24.3 Å². The molecule has 0 spiro atoms. The lowest BCUT2D eigenvalue weighted by atomic mass is 10.3. The second-order valence-corrected chi connectivity index (χ2v) is 4.03. The molecule has 18 heavy (non-hydrogen) atoms. The van der Waals surface area contributed by atoms with Crippen molar-refractivity contribution in [2.45, 2.75) is 13.8 Å². The normalized spacial score (nSPS) is 10.4. The third kappa shape index (κ3) is 5.05.